The van der Waals surface area contributed by atoms with Crippen LogP contribution >= 0.6 is 0 Å². The van der Waals surface area contributed by atoms with Crippen molar-refractivity contribution in [3.8, 4) is 0 Å². The van der Waals surface area contributed by atoms with Gasteiger partial charge in [0.25, 0.3) is 0 Å². The third-order valence-electron chi connectivity index (χ3n) is 1.25. The Balaban J connectivity index is 3.93. The highest BCUT2D eigenvalue weighted by Gasteiger charge is 2.14. The smallest absolute Gasteiger partial charge is 0.322 e. The summed E-state index contributed by atoms with van der Waals surface area (Å²) in [5.41, 5.74) is 0. The van der Waals surface area contributed by atoms with E-state index in [1.807, 2.05) is 0 Å². The van der Waals surface area contributed by atoms with Gasteiger partial charge in [0.15, 0.2) is 0 Å². The molecule has 0 saturated heterocycles. The molecule has 8 nitrogen and oxygen atoms in total. The topological polar surface area (TPSA) is 121 Å². The van der Waals surface area contributed by atoms with Crippen LogP contribution in [0.15, 0.2) is 0 Å². The zero-order valence-corrected chi connectivity index (χ0v) is 10.8. The van der Waals surface area contributed by atoms with Crippen LogP contribution in [0.3, 0.4) is 0 Å². The standard InChI is InChI=1S/C7H12O8S2/c1-16(10,11)14-6(8)4-3-5-7(9)15-17(2,12)13/h3-5H2,1-2H3. The highest BCUT2D eigenvalue weighted by Crippen LogP contribution is 2.03. The monoisotopic (exact) mass is 288 g/mol. The van der Waals surface area contributed by atoms with Gasteiger partial charge in [-0.05, 0) is 6.42 Å². The molecule has 0 fully saturated rings. The second-order valence-electron chi connectivity index (χ2n) is 3.17. The van der Waals surface area contributed by atoms with Gasteiger partial charge in [0, 0.05) is 12.8 Å². The molecule has 0 amide bonds. The summed E-state index contributed by atoms with van der Waals surface area (Å²) in [6, 6.07) is 0. The zero-order chi connectivity index (χ0) is 13.7. The van der Waals surface area contributed by atoms with E-state index in [9.17, 15) is 26.4 Å². The Morgan fingerprint density at radius 3 is 1.35 bits per heavy atom. The predicted octanol–water partition coefficient (Wildman–Crippen LogP) is -0.838. The number of carbonyl (C=O) groups excluding carboxylic acids is 2. The Kier molecular flexibility index (Phi) is 5.55. The number of carbonyl (C=O) groups is 2. The van der Waals surface area contributed by atoms with Crippen LogP contribution in [0.25, 0.3) is 0 Å². The molecule has 0 rings (SSSR count). The third-order valence-corrected chi connectivity index (χ3v) is 2.23. The van der Waals surface area contributed by atoms with Crippen molar-refractivity contribution in [2.24, 2.45) is 0 Å². The molecule has 0 N–H and O–H groups in total. The minimum absolute atomic E-state index is 0.0668. The van der Waals surface area contributed by atoms with Crippen molar-refractivity contribution in [1.82, 2.24) is 0 Å². The van der Waals surface area contributed by atoms with E-state index in [0.29, 0.717) is 12.5 Å². The number of hydrogen-bond donors (Lipinski definition) is 0. The molecular weight excluding hydrogens is 276 g/mol. The molecule has 0 unspecified atom stereocenters. The molecule has 100 valence electrons. The second kappa shape index (κ2) is 5.96. The Hall–Kier alpha value is -1.16. The van der Waals surface area contributed by atoms with Crippen molar-refractivity contribution in [2.45, 2.75) is 19.3 Å². The van der Waals surface area contributed by atoms with Crippen LogP contribution in [0.2, 0.25) is 0 Å². The molecule has 0 aliphatic carbocycles. The fourth-order valence-corrected chi connectivity index (χ4v) is 1.64. The first-order valence-corrected chi connectivity index (χ1v) is 7.97. The minimum atomic E-state index is -3.86. The minimum Gasteiger partial charge on any atom is -0.346 e. The van der Waals surface area contributed by atoms with Crippen LogP contribution in [0.4, 0.5) is 0 Å². The normalized spacial score (nSPS) is 11.9. The van der Waals surface area contributed by atoms with Crippen molar-refractivity contribution in [3.05, 3.63) is 0 Å². The molecule has 0 aliphatic rings. The van der Waals surface area contributed by atoms with E-state index in [1.165, 1.54) is 0 Å². The van der Waals surface area contributed by atoms with E-state index in [4.69, 9.17) is 0 Å². The van der Waals surface area contributed by atoms with Gasteiger partial charge in [-0.1, -0.05) is 0 Å². The van der Waals surface area contributed by atoms with Gasteiger partial charge in [-0.2, -0.15) is 16.8 Å². The van der Waals surface area contributed by atoms with Gasteiger partial charge >= 0.3 is 32.2 Å². The zero-order valence-electron chi connectivity index (χ0n) is 9.20. The highest BCUT2D eigenvalue weighted by atomic mass is 32.2. The van der Waals surface area contributed by atoms with Gasteiger partial charge in [-0.3, -0.25) is 9.59 Å². The molecular formula is C7H12O8S2. The molecule has 0 bridgehead atoms. The maximum atomic E-state index is 10.9. The van der Waals surface area contributed by atoms with Gasteiger partial charge in [0.1, 0.15) is 0 Å². The van der Waals surface area contributed by atoms with E-state index in [0.717, 1.165) is 0 Å². The Bertz CT molecular complexity index is 440. The molecule has 0 aromatic carbocycles. The maximum absolute atomic E-state index is 10.9. The van der Waals surface area contributed by atoms with Gasteiger partial charge in [0.2, 0.25) is 0 Å². The van der Waals surface area contributed by atoms with E-state index < -0.39 is 32.2 Å². The van der Waals surface area contributed by atoms with Gasteiger partial charge in [0.05, 0.1) is 12.5 Å². The van der Waals surface area contributed by atoms with E-state index >= 15 is 0 Å². The SMILES string of the molecule is CS(=O)(=O)OC(=O)CCCC(=O)OS(C)(=O)=O. The molecule has 0 radical (unpaired) electrons. The highest BCUT2D eigenvalue weighted by molar-refractivity contribution is 7.86. The summed E-state index contributed by atoms with van der Waals surface area (Å²) in [6.45, 7) is 0. The van der Waals surface area contributed by atoms with E-state index in [2.05, 4.69) is 8.37 Å². The average molecular weight is 288 g/mol. The molecule has 10 heteroatoms. The van der Waals surface area contributed by atoms with Crippen molar-refractivity contribution in [2.75, 3.05) is 12.5 Å². The van der Waals surface area contributed by atoms with Crippen LogP contribution in [-0.4, -0.2) is 41.3 Å². The van der Waals surface area contributed by atoms with Crippen molar-refractivity contribution < 1.29 is 34.8 Å². The maximum Gasteiger partial charge on any atom is 0.322 e. The lowest BCUT2D eigenvalue weighted by molar-refractivity contribution is -0.135. The summed E-state index contributed by atoms with van der Waals surface area (Å²) >= 11 is 0. The summed E-state index contributed by atoms with van der Waals surface area (Å²) in [7, 11) is -7.73. The van der Waals surface area contributed by atoms with Crippen molar-refractivity contribution in [3.63, 3.8) is 0 Å². The first-order valence-electron chi connectivity index (χ1n) is 4.34. The van der Waals surface area contributed by atoms with E-state index in [-0.39, 0.29) is 19.3 Å². The van der Waals surface area contributed by atoms with Crippen LogP contribution in [0.5, 0.6) is 0 Å². The summed E-state index contributed by atoms with van der Waals surface area (Å²) in [4.78, 5) is 21.7. The summed E-state index contributed by atoms with van der Waals surface area (Å²) in [6.07, 6.45) is 0.701. The fraction of sp³-hybridized carbons (Fsp3) is 0.714. The lowest BCUT2D eigenvalue weighted by atomic mass is 10.2. The second-order valence-corrected chi connectivity index (χ2v) is 6.32. The molecule has 0 heterocycles. The van der Waals surface area contributed by atoms with E-state index in [1.54, 1.807) is 0 Å². The van der Waals surface area contributed by atoms with Crippen molar-refractivity contribution >= 4 is 32.2 Å². The third kappa shape index (κ3) is 11.1. The molecule has 0 atom stereocenters. The number of hydrogen-bond acceptors (Lipinski definition) is 8. The quantitative estimate of drug-likeness (QED) is 0.580. The molecule has 0 spiro atoms. The van der Waals surface area contributed by atoms with Gasteiger partial charge < -0.3 is 8.37 Å². The first kappa shape index (κ1) is 15.8. The molecule has 0 aromatic rings. The van der Waals surface area contributed by atoms with Crippen LogP contribution in [0, 0.1) is 0 Å². The first-order chi connectivity index (χ1) is 7.49. The Morgan fingerprint density at radius 1 is 0.824 bits per heavy atom. The number of rotatable bonds is 6. The van der Waals surface area contributed by atoms with Gasteiger partial charge in [-0.25, -0.2) is 0 Å². The summed E-state index contributed by atoms with van der Waals surface area (Å²) in [5.74, 6) is -2.03. The summed E-state index contributed by atoms with van der Waals surface area (Å²) in [5, 5.41) is 0. The fourth-order valence-electron chi connectivity index (χ4n) is 0.798. The van der Waals surface area contributed by atoms with Crippen LogP contribution in [0.1, 0.15) is 19.3 Å². The Labute approximate surface area is 99.1 Å². The van der Waals surface area contributed by atoms with Crippen molar-refractivity contribution in [1.29, 1.82) is 0 Å². The lowest BCUT2D eigenvalue weighted by Crippen LogP contribution is -2.13. The van der Waals surface area contributed by atoms with Crippen LogP contribution < -0.4 is 0 Å². The molecule has 0 saturated carbocycles. The van der Waals surface area contributed by atoms with Gasteiger partial charge in [-0.15, -0.1) is 0 Å². The largest absolute Gasteiger partial charge is 0.346 e. The molecule has 17 heavy (non-hydrogen) atoms. The molecule has 0 aliphatic heterocycles. The van der Waals surface area contributed by atoms with Crippen LogP contribution in [-0.2, 0) is 38.2 Å². The average Bonchev–Trinajstić information content (AvgIpc) is 1.95. The predicted molar refractivity (Wildman–Crippen MR) is 55.7 cm³/mol. The summed E-state index contributed by atoms with van der Waals surface area (Å²) < 4.78 is 50.0. The Morgan fingerprint density at radius 2 is 1.12 bits per heavy atom. The molecule has 0 aromatic heterocycles. The lowest BCUT2D eigenvalue weighted by Gasteiger charge is -2.02.